The number of hydrogen-bond acceptors (Lipinski definition) is 4. The van der Waals surface area contributed by atoms with Gasteiger partial charge in [0.25, 0.3) is 0 Å². The molecule has 0 saturated carbocycles. The van der Waals surface area contributed by atoms with E-state index < -0.39 is 0 Å². The standard InChI is InChI=1S/C19H21ClN2O3/c20-15-5-3-4-14(10-15)12-25-18-7-2-1-6-17(18)22-19(23)11-16-13-24-9-8-21-16/h1-7,10,16,21H,8-9,11-13H2,(H,22,23). The Balaban J connectivity index is 1.59. The molecule has 0 bridgehead atoms. The first-order valence-corrected chi connectivity index (χ1v) is 8.66. The van der Waals surface area contributed by atoms with Crippen LogP contribution >= 0.6 is 11.6 Å². The molecule has 3 rings (SSSR count). The van der Waals surface area contributed by atoms with Crippen LogP contribution in [0.2, 0.25) is 5.02 Å². The van der Waals surface area contributed by atoms with E-state index in [1.807, 2.05) is 48.5 Å². The molecule has 1 unspecified atom stereocenters. The van der Waals surface area contributed by atoms with Crippen LogP contribution in [0.5, 0.6) is 5.75 Å². The maximum absolute atomic E-state index is 12.3. The lowest BCUT2D eigenvalue weighted by molar-refractivity contribution is -0.117. The van der Waals surface area contributed by atoms with Crippen molar-refractivity contribution in [1.82, 2.24) is 5.32 Å². The topological polar surface area (TPSA) is 59.6 Å². The van der Waals surface area contributed by atoms with Crippen molar-refractivity contribution in [3.63, 3.8) is 0 Å². The van der Waals surface area contributed by atoms with E-state index >= 15 is 0 Å². The molecule has 1 amide bonds. The van der Waals surface area contributed by atoms with Crippen LogP contribution in [0.15, 0.2) is 48.5 Å². The van der Waals surface area contributed by atoms with E-state index in [0.717, 1.165) is 12.1 Å². The average Bonchev–Trinajstić information content (AvgIpc) is 2.62. The molecule has 25 heavy (non-hydrogen) atoms. The maximum Gasteiger partial charge on any atom is 0.226 e. The van der Waals surface area contributed by atoms with Crippen molar-refractivity contribution in [3.05, 3.63) is 59.1 Å². The lowest BCUT2D eigenvalue weighted by atomic mass is 10.2. The Kier molecular flexibility index (Phi) is 6.28. The van der Waals surface area contributed by atoms with E-state index in [4.69, 9.17) is 21.1 Å². The first-order valence-electron chi connectivity index (χ1n) is 8.28. The summed E-state index contributed by atoms with van der Waals surface area (Å²) in [5.74, 6) is 0.561. The van der Waals surface area contributed by atoms with Gasteiger partial charge in [0.1, 0.15) is 12.4 Å². The quantitative estimate of drug-likeness (QED) is 0.830. The summed E-state index contributed by atoms with van der Waals surface area (Å²) in [6.45, 7) is 2.40. The van der Waals surface area contributed by atoms with E-state index in [9.17, 15) is 4.79 Å². The molecule has 0 radical (unpaired) electrons. The lowest BCUT2D eigenvalue weighted by Crippen LogP contribution is -2.43. The normalized spacial score (nSPS) is 17.1. The number of halogens is 1. The number of carbonyl (C=O) groups is 1. The van der Waals surface area contributed by atoms with Gasteiger partial charge >= 0.3 is 0 Å². The van der Waals surface area contributed by atoms with Gasteiger partial charge in [0.05, 0.1) is 18.9 Å². The molecule has 0 spiro atoms. The third-order valence-corrected chi connectivity index (χ3v) is 4.11. The SMILES string of the molecule is O=C(CC1COCCN1)Nc1ccccc1OCc1cccc(Cl)c1. The number of benzene rings is 2. The van der Waals surface area contributed by atoms with Crippen molar-refractivity contribution in [2.45, 2.75) is 19.1 Å². The molecule has 2 aromatic rings. The van der Waals surface area contributed by atoms with Gasteiger partial charge in [0, 0.05) is 24.0 Å². The molecule has 1 fully saturated rings. The highest BCUT2D eigenvalue weighted by atomic mass is 35.5. The number of rotatable bonds is 6. The Morgan fingerprint density at radius 3 is 2.96 bits per heavy atom. The van der Waals surface area contributed by atoms with Crippen molar-refractivity contribution in [2.24, 2.45) is 0 Å². The largest absolute Gasteiger partial charge is 0.487 e. The highest BCUT2D eigenvalue weighted by Crippen LogP contribution is 2.25. The third-order valence-electron chi connectivity index (χ3n) is 3.87. The second kappa shape index (κ2) is 8.85. The van der Waals surface area contributed by atoms with E-state index in [1.165, 1.54) is 0 Å². The van der Waals surface area contributed by atoms with Crippen LogP contribution in [0.1, 0.15) is 12.0 Å². The molecule has 5 nitrogen and oxygen atoms in total. The number of ether oxygens (including phenoxy) is 2. The highest BCUT2D eigenvalue weighted by molar-refractivity contribution is 6.30. The number of carbonyl (C=O) groups excluding carboxylic acids is 1. The molecule has 1 atom stereocenters. The predicted octanol–water partition coefficient (Wildman–Crippen LogP) is 3.24. The van der Waals surface area contributed by atoms with Crippen molar-refractivity contribution >= 4 is 23.2 Å². The summed E-state index contributed by atoms with van der Waals surface area (Å²) in [7, 11) is 0. The number of hydrogen-bond donors (Lipinski definition) is 2. The smallest absolute Gasteiger partial charge is 0.226 e. The van der Waals surface area contributed by atoms with Crippen LogP contribution < -0.4 is 15.4 Å². The molecular weight excluding hydrogens is 340 g/mol. The van der Waals surface area contributed by atoms with Gasteiger partial charge in [0.2, 0.25) is 5.91 Å². The average molecular weight is 361 g/mol. The summed E-state index contributed by atoms with van der Waals surface area (Å²) in [4.78, 5) is 12.3. The van der Waals surface area contributed by atoms with E-state index in [0.29, 0.717) is 42.7 Å². The van der Waals surface area contributed by atoms with Crippen molar-refractivity contribution in [1.29, 1.82) is 0 Å². The number of morpholine rings is 1. The number of para-hydroxylation sites is 2. The Bertz CT molecular complexity index is 717. The van der Waals surface area contributed by atoms with Crippen LogP contribution in [0.25, 0.3) is 0 Å². The summed E-state index contributed by atoms with van der Waals surface area (Å²) >= 11 is 5.99. The summed E-state index contributed by atoms with van der Waals surface area (Å²) in [6.07, 6.45) is 0.364. The molecule has 6 heteroatoms. The summed E-state index contributed by atoms with van der Waals surface area (Å²) in [5, 5.41) is 6.86. The monoisotopic (exact) mass is 360 g/mol. The lowest BCUT2D eigenvalue weighted by Gasteiger charge is -2.23. The molecular formula is C19H21ClN2O3. The van der Waals surface area contributed by atoms with E-state index in [1.54, 1.807) is 0 Å². The molecule has 1 aliphatic rings. The third kappa shape index (κ3) is 5.46. The first-order chi connectivity index (χ1) is 12.2. The minimum Gasteiger partial charge on any atom is -0.487 e. The van der Waals surface area contributed by atoms with Gasteiger partial charge in [-0.25, -0.2) is 0 Å². The van der Waals surface area contributed by atoms with Crippen molar-refractivity contribution < 1.29 is 14.3 Å². The zero-order valence-corrected chi connectivity index (χ0v) is 14.6. The van der Waals surface area contributed by atoms with Crippen molar-refractivity contribution in [2.75, 3.05) is 25.1 Å². The van der Waals surface area contributed by atoms with Gasteiger partial charge in [-0.2, -0.15) is 0 Å². The zero-order valence-electron chi connectivity index (χ0n) is 13.8. The molecule has 2 aromatic carbocycles. The molecule has 0 aliphatic carbocycles. The minimum atomic E-state index is -0.0678. The fraction of sp³-hybridized carbons (Fsp3) is 0.316. The molecule has 1 saturated heterocycles. The number of nitrogens with one attached hydrogen (secondary N) is 2. The van der Waals surface area contributed by atoms with Gasteiger partial charge in [-0.3, -0.25) is 4.79 Å². The Hall–Kier alpha value is -2.08. The Morgan fingerprint density at radius 1 is 1.28 bits per heavy atom. The number of amides is 1. The Morgan fingerprint density at radius 2 is 2.16 bits per heavy atom. The second-order valence-electron chi connectivity index (χ2n) is 5.89. The maximum atomic E-state index is 12.3. The summed E-state index contributed by atoms with van der Waals surface area (Å²) < 4.78 is 11.2. The van der Waals surface area contributed by atoms with Gasteiger partial charge in [-0.1, -0.05) is 35.9 Å². The van der Waals surface area contributed by atoms with E-state index in [-0.39, 0.29) is 11.9 Å². The second-order valence-corrected chi connectivity index (χ2v) is 6.33. The van der Waals surface area contributed by atoms with Gasteiger partial charge in [-0.05, 0) is 29.8 Å². The van der Waals surface area contributed by atoms with Gasteiger partial charge in [-0.15, -0.1) is 0 Å². The van der Waals surface area contributed by atoms with Crippen molar-refractivity contribution in [3.8, 4) is 5.75 Å². The van der Waals surface area contributed by atoms with E-state index in [2.05, 4.69) is 10.6 Å². The molecule has 1 heterocycles. The summed E-state index contributed by atoms with van der Waals surface area (Å²) in [6, 6.07) is 15.0. The van der Waals surface area contributed by atoms with Crippen LogP contribution in [0.3, 0.4) is 0 Å². The predicted molar refractivity (Wildman–Crippen MR) is 98.1 cm³/mol. The fourth-order valence-corrected chi connectivity index (χ4v) is 2.87. The molecule has 2 N–H and O–H groups in total. The molecule has 0 aromatic heterocycles. The van der Waals surface area contributed by atoms with Crippen LogP contribution in [0, 0.1) is 0 Å². The zero-order chi connectivity index (χ0) is 17.5. The molecule has 1 aliphatic heterocycles. The number of anilines is 1. The molecule has 132 valence electrons. The van der Waals surface area contributed by atoms with Crippen LogP contribution in [-0.4, -0.2) is 31.7 Å². The van der Waals surface area contributed by atoms with Gasteiger partial charge < -0.3 is 20.1 Å². The highest BCUT2D eigenvalue weighted by Gasteiger charge is 2.17. The fourth-order valence-electron chi connectivity index (χ4n) is 2.66. The first kappa shape index (κ1) is 17.7. The summed E-state index contributed by atoms with van der Waals surface area (Å²) in [5.41, 5.74) is 1.63. The van der Waals surface area contributed by atoms with Gasteiger partial charge in [0.15, 0.2) is 0 Å². The van der Waals surface area contributed by atoms with Crippen LogP contribution in [-0.2, 0) is 16.1 Å². The Labute approximate surface area is 152 Å². The van der Waals surface area contributed by atoms with Crippen LogP contribution in [0.4, 0.5) is 5.69 Å². The minimum absolute atomic E-state index is 0.0493.